The lowest BCUT2D eigenvalue weighted by Gasteiger charge is -2.02. The Hall–Kier alpha value is -0.220. The second kappa shape index (κ2) is 4.57. The highest BCUT2D eigenvalue weighted by atomic mass is 79.9. The van der Waals surface area contributed by atoms with Gasteiger partial charge in [-0.1, -0.05) is 68.0 Å². The lowest BCUT2D eigenvalue weighted by molar-refractivity contribution is 0.389. The third-order valence-corrected chi connectivity index (χ3v) is 3.02. The van der Waals surface area contributed by atoms with Crippen LogP contribution in [0.15, 0.2) is 39.3 Å². The van der Waals surface area contributed by atoms with Crippen LogP contribution in [0, 0.1) is 0 Å². The van der Waals surface area contributed by atoms with E-state index in [1.165, 1.54) is 0 Å². The average molecular weight is 341 g/mol. The first kappa shape index (κ1) is 12.2. The second-order valence-corrected chi connectivity index (χ2v) is 6.28. The molecule has 1 heterocycles. The number of rotatable bonds is 1. The van der Waals surface area contributed by atoms with E-state index in [9.17, 15) is 0 Å². The van der Waals surface area contributed by atoms with Crippen molar-refractivity contribution in [2.24, 2.45) is 0 Å². The third kappa shape index (κ3) is 2.72. The first-order chi connectivity index (χ1) is 7.47. The third-order valence-electron chi connectivity index (χ3n) is 1.93. The van der Waals surface area contributed by atoms with Gasteiger partial charge in [0.2, 0.25) is 0 Å². The van der Waals surface area contributed by atoms with Crippen LogP contribution in [0.3, 0.4) is 0 Å². The highest BCUT2D eigenvalue weighted by Crippen LogP contribution is 2.39. The molecular formula is C10H5BrCl3NO. The highest BCUT2D eigenvalue weighted by molar-refractivity contribution is 9.10. The van der Waals surface area contributed by atoms with Crippen molar-refractivity contribution in [3.05, 3.63) is 40.6 Å². The summed E-state index contributed by atoms with van der Waals surface area (Å²) in [6.07, 6.45) is 0. The van der Waals surface area contributed by atoms with Gasteiger partial charge >= 0.3 is 0 Å². The van der Waals surface area contributed by atoms with Gasteiger partial charge in [-0.15, -0.1) is 0 Å². The van der Waals surface area contributed by atoms with E-state index in [4.69, 9.17) is 39.3 Å². The SMILES string of the molecule is ClC(Cl)(Cl)c1cc(-c2ccc(Br)cc2)no1. The predicted octanol–water partition coefficient (Wildman–Crippen LogP) is 4.93. The quantitative estimate of drug-likeness (QED) is 0.687. The van der Waals surface area contributed by atoms with Crippen molar-refractivity contribution in [3.8, 4) is 11.3 Å². The number of hydrogen-bond acceptors (Lipinski definition) is 2. The number of halogens is 4. The van der Waals surface area contributed by atoms with Crippen LogP contribution in [0.5, 0.6) is 0 Å². The molecule has 2 rings (SSSR count). The number of aromatic nitrogens is 1. The fraction of sp³-hybridized carbons (Fsp3) is 0.100. The van der Waals surface area contributed by atoms with Gasteiger partial charge in [0.25, 0.3) is 3.79 Å². The Morgan fingerprint density at radius 3 is 2.25 bits per heavy atom. The average Bonchev–Trinajstić information content (AvgIpc) is 2.67. The molecule has 16 heavy (non-hydrogen) atoms. The molecule has 0 amide bonds. The van der Waals surface area contributed by atoms with Gasteiger partial charge in [0.15, 0.2) is 5.76 Å². The molecule has 2 aromatic rings. The van der Waals surface area contributed by atoms with Gasteiger partial charge in [0.1, 0.15) is 5.69 Å². The van der Waals surface area contributed by atoms with Crippen molar-refractivity contribution in [1.82, 2.24) is 5.16 Å². The fourth-order valence-corrected chi connectivity index (χ4v) is 1.70. The van der Waals surface area contributed by atoms with Crippen LogP contribution >= 0.6 is 50.7 Å². The Morgan fingerprint density at radius 1 is 1.12 bits per heavy atom. The molecule has 6 heteroatoms. The molecule has 1 aromatic carbocycles. The first-order valence-electron chi connectivity index (χ1n) is 4.26. The summed E-state index contributed by atoms with van der Waals surface area (Å²) in [5.74, 6) is 0.204. The highest BCUT2D eigenvalue weighted by Gasteiger charge is 2.28. The summed E-state index contributed by atoms with van der Waals surface area (Å²) >= 11 is 20.4. The largest absolute Gasteiger partial charge is 0.356 e. The van der Waals surface area contributed by atoms with Gasteiger partial charge in [-0.25, -0.2) is 0 Å². The Kier molecular flexibility index (Phi) is 3.50. The van der Waals surface area contributed by atoms with Gasteiger partial charge in [-0.2, -0.15) is 0 Å². The van der Waals surface area contributed by atoms with Crippen LogP contribution in [-0.4, -0.2) is 5.16 Å². The van der Waals surface area contributed by atoms with E-state index in [-0.39, 0.29) is 5.76 Å². The van der Waals surface area contributed by atoms with E-state index in [0.717, 1.165) is 10.0 Å². The number of nitrogens with zero attached hydrogens (tertiary/aromatic N) is 1. The van der Waals surface area contributed by atoms with E-state index >= 15 is 0 Å². The van der Waals surface area contributed by atoms with Gasteiger partial charge in [-0.3, -0.25) is 0 Å². The molecule has 0 bridgehead atoms. The molecule has 0 spiro atoms. The van der Waals surface area contributed by atoms with Crippen LogP contribution in [-0.2, 0) is 3.79 Å². The lowest BCUT2D eigenvalue weighted by Crippen LogP contribution is -1.96. The van der Waals surface area contributed by atoms with E-state index in [1.807, 2.05) is 24.3 Å². The molecule has 0 radical (unpaired) electrons. The van der Waals surface area contributed by atoms with Gasteiger partial charge < -0.3 is 4.52 Å². The minimum absolute atomic E-state index is 0.204. The normalized spacial score (nSPS) is 11.8. The Labute approximate surface area is 116 Å². The number of benzene rings is 1. The van der Waals surface area contributed by atoms with E-state index < -0.39 is 3.79 Å². The summed E-state index contributed by atoms with van der Waals surface area (Å²) in [4.78, 5) is 0. The van der Waals surface area contributed by atoms with Crippen LogP contribution in [0.25, 0.3) is 11.3 Å². The summed E-state index contributed by atoms with van der Waals surface area (Å²) in [5.41, 5.74) is 1.53. The molecule has 0 saturated heterocycles. The van der Waals surface area contributed by atoms with Gasteiger partial charge in [0.05, 0.1) is 0 Å². The van der Waals surface area contributed by atoms with Crippen molar-refractivity contribution in [1.29, 1.82) is 0 Å². The summed E-state index contributed by atoms with van der Waals surface area (Å²) in [7, 11) is 0. The van der Waals surface area contributed by atoms with Crippen molar-refractivity contribution in [2.75, 3.05) is 0 Å². The standard InChI is InChI=1S/C10H5BrCl3NO/c11-7-3-1-6(2-4-7)8-5-9(16-15-8)10(12,13)14/h1-5H. The molecule has 0 saturated carbocycles. The molecule has 2 nitrogen and oxygen atoms in total. The minimum atomic E-state index is -1.58. The zero-order valence-electron chi connectivity index (χ0n) is 7.75. The van der Waals surface area contributed by atoms with Crippen molar-refractivity contribution in [2.45, 2.75) is 3.79 Å². The molecule has 0 aliphatic heterocycles. The predicted molar refractivity (Wildman–Crippen MR) is 68.9 cm³/mol. The Balaban J connectivity index is 2.35. The smallest absolute Gasteiger partial charge is 0.250 e. The monoisotopic (exact) mass is 339 g/mol. The summed E-state index contributed by atoms with van der Waals surface area (Å²) < 4.78 is 4.36. The molecule has 1 aromatic heterocycles. The van der Waals surface area contributed by atoms with Crippen LogP contribution in [0.1, 0.15) is 5.76 Å². The molecule has 0 fully saturated rings. The molecule has 0 aliphatic carbocycles. The molecule has 0 aliphatic rings. The van der Waals surface area contributed by atoms with E-state index in [2.05, 4.69) is 21.1 Å². The molecular weight excluding hydrogens is 336 g/mol. The summed E-state index contributed by atoms with van der Waals surface area (Å²) in [5, 5.41) is 3.84. The zero-order chi connectivity index (χ0) is 11.8. The molecule has 84 valence electrons. The lowest BCUT2D eigenvalue weighted by atomic mass is 10.1. The van der Waals surface area contributed by atoms with Crippen molar-refractivity contribution >= 4 is 50.7 Å². The summed E-state index contributed by atoms with van der Waals surface area (Å²) in [6, 6.07) is 9.20. The van der Waals surface area contributed by atoms with Crippen LogP contribution in [0.4, 0.5) is 0 Å². The van der Waals surface area contributed by atoms with Crippen LogP contribution < -0.4 is 0 Å². The summed E-state index contributed by atoms with van der Waals surface area (Å²) in [6.45, 7) is 0. The van der Waals surface area contributed by atoms with Crippen molar-refractivity contribution in [3.63, 3.8) is 0 Å². The molecule has 0 atom stereocenters. The maximum absolute atomic E-state index is 5.67. The number of hydrogen-bond donors (Lipinski definition) is 0. The van der Waals surface area contributed by atoms with Crippen LogP contribution in [0.2, 0.25) is 0 Å². The van der Waals surface area contributed by atoms with E-state index in [0.29, 0.717) is 5.69 Å². The fourth-order valence-electron chi connectivity index (χ4n) is 1.17. The van der Waals surface area contributed by atoms with Gasteiger partial charge in [-0.05, 0) is 12.1 Å². The second-order valence-electron chi connectivity index (χ2n) is 3.08. The van der Waals surface area contributed by atoms with E-state index in [1.54, 1.807) is 6.07 Å². The van der Waals surface area contributed by atoms with Gasteiger partial charge in [0, 0.05) is 16.1 Å². The zero-order valence-corrected chi connectivity index (χ0v) is 11.6. The topological polar surface area (TPSA) is 26.0 Å². The first-order valence-corrected chi connectivity index (χ1v) is 6.19. The Morgan fingerprint density at radius 2 is 1.75 bits per heavy atom. The maximum atomic E-state index is 5.67. The molecule has 0 unspecified atom stereocenters. The number of alkyl halides is 3. The minimum Gasteiger partial charge on any atom is -0.356 e. The Bertz CT molecular complexity index is 490. The van der Waals surface area contributed by atoms with Crippen molar-refractivity contribution < 1.29 is 4.52 Å². The molecule has 0 N–H and O–H groups in total. The maximum Gasteiger partial charge on any atom is 0.250 e.